The first-order chi connectivity index (χ1) is 15.7. The summed E-state index contributed by atoms with van der Waals surface area (Å²) < 4.78 is 34.9. The minimum Gasteiger partial charge on any atom is -0.464 e. The third kappa shape index (κ3) is 4.40. The summed E-state index contributed by atoms with van der Waals surface area (Å²) >= 11 is 4.29. The van der Waals surface area contributed by atoms with Crippen LogP contribution in [-0.2, 0) is 11.3 Å². The number of fused-ring (bicyclic) bond motifs is 1. The Morgan fingerprint density at radius 2 is 2.12 bits per heavy atom. The summed E-state index contributed by atoms with van der Waals surface area (Å²) in [6, 6.07) is 4.39. The average Bonchev–Trinajstić information content (AvgIpc) is 3.48. The fourth-order valence-electron chi connectivity index (χ4n) is 3.45. The summed E-state index contributed by atoms with van der Waals surface area (Å²) in [5.41, 5.74) is 7.14. The van der Waals surface area contributed by atoms with Gasteiger partial charge in [-0.05, 0) is 48.0 Å². The molecule has 33 heavy (non-hydrogen) atoms. The molecule has 2 amide bonds. The molecule has 0 spiro atoms. The number of hydrogen-bond acceptors (Lipinski definition) is 6. The number of halogens is 3. The van der Waals surface area contributed by atoms with Gasteiger partial charge in [0, 0.05) is 23.1 Å². The lowest BCUT2D eigenvalue weighted by Gasteiger charge is -2.10. The third-order valence-corrected chi connectivity index (χ3v) is 7.27. The molecule has 0 saturated heterocycles. The number of pyridine rings is 1. The number of carbonyl (C=O) groups is 2. The number of aromatic nitrogens is 3. The zero-order valence-electron chi connectivity index (χ0n) is 17.5. The van der Waals surface area contributed by atoms with Crippen LogP contribution in [0, 0.1) is 13.8 Å². The first kappa shape index (κ1) is 23.1. The molecule has 0 unspecified atom stereocenters. The van der Waals surface area contributed by atoms with E-state index in [1.165, 1.54) is 12.3 Å². The minimum absolute atomic E-state index is 0.0129. The summed E-state index contributed by atoms with van der Waals surface area (Å²) in [7, 11) is 0. The normalized spacial score (nSPS) is 11.5. The molecule has 0 fully saturated rings. The third-order valence-electron chi connectivity index (χ3n) is 5.02. The predicted octanol–water partition coefficient (Wildman–Crippen LogP) is 5.20. The quantitative estimate of drug-likeness (QED) is 0.336. The van der Waals surface area contributed by atoms with E-state index in [0.717, 1.165) is 27.2 Å². The van der Waals surface area contributed by atoms with Crippen LogP contribution in [0.2, 0.25) is 0 Å². The molecule has 0 saturated carbocycles. The molecule has 3 N–H and O–H groups in total. The molecule has 0 radical (unpaired) electrons. The van der Waals surface area contributed by atoms with Crippen molar-refractivity contribution in [1.29, 1.82) is 0 Å². The summed E-state index contributed by atoms with van der Waals surface area (Å²) in [6.45, 7) is 4.03. The van der Waals surface area contributed by atoms with Crippen molar-refractivity contribution in [2.45, 2.75) is 33.2 Å². The van der Waals surface area contributed by atoms with E-state index >= 15 is 0 Å². The van der Waals surface area contributed by atoms with Crippen LogP contribution < -0.4 is 11.1 Å². The Bertz CT molecular complexity index is 1360. The van der Waals surface area contributed by atoms with Gasteiger partial charge in [0.05, 0.1) is 28.7 Å². The summed E-state index contributed by atoms with van der Waals surface area (Å²) in [5.74, 6) is -0.912. The van der Waals surface area contributed by atoms with Crippen molar-refractivity contribution in [3.63, 3.8) is 0 Å². The van der Waals surface area contributed by atoms with E-state index in [1.807, 2.05) is 13.8 Å². The molecule has 172 valence electrons. The van der Waals surface area contributed by atoms with Crippen molar-refractivity contribution in [2.24, 2.45) is 5.73 Å². The number of rotatable bonds is 7. The van der Waals surface area contributed by atoms with Gasteiger partial charge in [0.2, 0.25) is 5.91 Å². The first-order valence-corrected chi connectivity index (χ1v) is 11.4. The predicted molar refractivity (Wildman–Crippen MR) is 123 cm³/mol. The monoisotopic (exact) mass is 537 g/mol. The van der Waals surface area contributed by atoms with Crippen molar-refractivity contribution >= 4 is 55.0 Å². The number of primary amides is 1. The summed E-state index contributed by atoms with van der Waals surface area (Å²) in [4.78, 5) is 29.1. The van der Waals surface area contributed by atoms with Gasteiger partial charge in [0.1, 0.15) is 21.2 Å². The van der Waals surface area contributed by atoms with Gasteiger partial charge in [-0.2, -0.15) is 5.10 Å². The number of nitrogens with two attached hydrogens (primary N) is 1. The van der Waals surface area contributed by atoms with Gasteiger partial charge in [-0.15, -0.1) is 11.3 Å². The minimum atomic E-state index is -2.83. The molecule has 12 heteroatoms. The zero-order chi connectivity index (χ0) is 23.9. The number of anilines is 1. The van der Waals surface area contributed by atoms with E-state index in [2.05, 4.69) is 31.3 Å². The van der Waals surface area contributed by atoms with Gasteiger partial charge in [-0.3, -0.25) is 14.3 Å². The van der Waals surface area contributed by atoms with Crippen LogP contribution in [0.15, 0.2) is 33.4 Å². The highest BCUT2D eigenvalue weighted by molar-refractivity contribution is 9.10. The molecule has 0 bridgehead atoms. The second-order valence-corrected chi connectivity index (χ2v) is 9.02. The molecule has 4 aromatic heterocycles. The van der Waals surface area contributed by atoms with E-state index in [9.17, 15) is 18.4 Å². The number of nitrogens with zero attached hydrogens (tertiary/aromatic N) is 3. The van der Waals surface area contributed by atoms with E-state index in [1.54, 1.807) is 16.8 Å². The van der Waals surface area contributed by atoms with E-state index in [-0.39, 0.29) is 27.4 Å². The van der Waals surface area contributed by atoms with E-state index in [0.29, 0.717) is 17.7 Å². The Labute approximate surface area is 198 Å². The Balaban J connectivity index is 1.74. The second kappa shape index (κ2) is 9.02. The van der Waals surface area contributed by atoms with Crippen LogP contribution >= 0.6 is 27.3 Å². The molecule has 4 aromatic rings. The molecule has 0 aliphatic carbocycles. The lowest BCUT2D eigenvalue weighted by Crippen LogP contribution is -2.18. The van der Waals surface area contributed by atoms with Gasteiger partial charge in [0.25, 0.3) is 12.3 Å². The highest BCUT2D eigenvalue weighted by Gasteiger charge is 2.25. The summed E-state index contributed by atoms with van der Waals surface area (Å²) in [6.07, 6.45) is -1.38. The maximum Gasteiger partial charge on any atom is 0.280 e. The average molecular weight is 538 g/mol. The maximum atomic E-state index is 13.5. The Hall–Kier alpha value is -3.12. The summed E-state index contributed by atoms with van der Waals surface area (Å²) in [5, 5.41) is 7.41. The number of hydrogen-bond donors (Lipinski definition) is 2. The molecule has 4 rings (SSSR count). The Kier molecular flexibility index (Phi) is 6.30. The molecular formula is C21H18BrF2N5O3S. The Morgan fingerprint density at radius 3 is 2.70 bits per heavy atom. The number of aryl methyl sites for hydroxylation is 2. The molecule has 0 aliphatic heterocycles. The van der Waals surface area contributed by atoms with E-state index < -0.39 is 23.9 Å². The van der Waals surface area contributed by atoms with Crippen molar-refractivity contribution in [3.8, 4) is 11.3 Å². The van der Waals surface area contributed by atoms with Gasteiger partial charge < -0.3 is 15.5 Å². The number of furan rings is 1. The van der Waals surface area contributed by atoms with Crippen LogP contribution in [0.25, 0.3) is 21.5 Å². The number of thiophene rings is 1. The smallest absolute Gasteiger partial charge is 0.280 e. The van der Waals surface area contributed by atoms with Crippen LogP contribution in [0.4, 0.5) is 14.5 Å². The van der Waals surface area contributed by atoms with Crippen molar-refractivity contribution in [2.75, 3.05) is 5.32 Å². The fraction of sp³-hybridized carbons (Fsp3) is 0.238. The standard InChI is InChI=1S/C21H18BrF2N5O3S/c1-9-16(22)10(2)29(28-9)6-5-14(30)27-17-15-11(13-4-3-7-32-13)8-12(19(23)24)26-21(15)33-18(17)20(25)31/h3-4,7-8,19H,5-6H2,1-2H3,(H2,25,31)(H,27,30). The zero-order valence-corrected chi connectivity index (χ0v) is 19.9. The Morgan fingerprint density at radius 1 is 1.36 bits per heavy atom. The van der Waals surface area contributed by atoms with Crippen molar-refractivity contribution in [3.05, 3.63) is 50.9 Å². The SMILES string of the molecule is Cc1nn(CCC(=O)Nc2c(C(N)=O)sc3nc(C(F)F)cc(-c4ccco4)c23)c(C)c1Br. The highest BCUT2D eigenvalue weighted by Crippen LogP contribution is 2.42. The fourth-order valence-corrected chi connectivity index (χ4v) is 4.75. The second-order valence-electron chi connectivity index (χ2n) is 7.23. The molecule has 4 heterocycles. The first-order valence-electron chi connectivity index (χ1n) is 9.76. The van der Waals surface area contributed by atoms with E-state index in [4.69, 9.17) is 10.2 Å². The molecule has 0 aromatic carbocycles. The topological polar surface area (TPSA) is 116 Å². The molecule has 8 nitrogen and oxygen atoms in total. The maximum absolute atomic E-state index is 13.5. The van der Waals surface area contributed by atoms with Gasteiger partial charge in [-0.25, -0.2) is 13.8 Å². The number of carbonyl (C=O) groups excluding carboxylic acids is 2. The molecule has 0 aliphatic rings. The number of nitrogens with one attached hydrogen (secondary N) is 1. The molecule has 0 atom stereocenters. The largest absolute Gasteiger partial charge is 0.464 e. The van der Waals surface area contributed by atoms with Gasteiger partial charge in [-0.1, -0.05) is 0 Å². The molecular weight excluding hydrogens is 520 g/mol. The number of amides is 2. The highest BCUT2D eigenvalue weighted by atomic mass is 79.9. The van der Waals surface area contributed by atoms with Gasteiger partial charge in [0.15, 0.2) is 0 Å². The van der Waals surface area contributed by atoms with Crippen LogP contribution in [0.1, 0.15) is 39.6 Å². The van der Waals surface area contributed by atoms with Crippen LogP contribution in [0.5, 0.6) is 0 Å². The lowest BCUT2D eigenvalue weighted by molar-refractivity contribution is -0.116. The van der Waals surface area contributed by atoms with Crippen LogP contribution in [0.3, 0.4) is 0 Å². The van der Waals surface area contributed by atoms with Crippen molar-refractivity contribution in [1.82, 2.24) is 14.8 Å². The van der Waals surface area contributed by atoms with Gasteiger partial charge >= 0.3 is 0 Å². The number of alkyl halides is 2. The van der Waals surface area contributed by atoms with Crippen molar-refractivity contribution < 1.29 is 22.8 Å². The lowest BCUT2D eigenvalue weighted by atomic mass is 10.1. The van der Waals surface area contributed by atoms with Crippen LogP contribution in [-0.4, -0.2) is 26.6 Å².